The van der Waals surface area contributed by atoms with Gasteiger partial charge in [0.2, 0.25) is 5.78 Å². The molecule has 1 aromatic rings. The molecule has 0 fully saturated rings. The van der Waals surface area contributed by atoms with Gasteiger partial charge in [0.15, 0.2) is 11.6 Å². The van der Waals surface area contributed by atoms with Crippen LogP contribution in [0.25, 0.3) is 0 Å². The molecule has 1 aromatic carbocycles. The number of benzene rings is 1. The number of carbonyl (C=O) groups is 2. The first-order valence-electron chi connectivity index (χ1n) is 5.30. The molecule has 3 nitrogen and oxygen atoms in total. The second kappa shape index (κ2) is 6.06. The second-order valence-electron chi connectivity index (χ2n) is 3.64. The fourth-order valence-corrected chi connectivity index (χ4v) is 1.59. The number of alkyl halides is 1. The van der Waals surface area contributed by atoms with Gasteiger partial charge in [-0.25, -0.2) is 18.0 Å². The minimum Gasteiger partial charge on any atom is -0.463 e. The van der Waals surface area contributed by atoms with E-state index in [0.717, 1.165) is 13.0 Å². The number of rotatable bonds is 4. The molecule has 0 aliphatic carbocycles. The Morgan fingerprint density at radius 1 is 1.37 bits per heavy atom. The number of carbonyl (C=O) groups excluding carboxylic acids is 2. The van der Waals surface area contributed by atoms with E-state index in [4.69, 9.17) is 11.6 Å². The van der Waals surface area contributed by atoms with Crippen LogP contribution in [0.5, 0.6) is 0 Å². The Morgan fingerprint density at radius 2 is 1.95 bits per heavy atom. The summed E-state index contributed by atoms with van der Waals surface area (Å²) in [4.78, 5) is 22.8. The Morgan fingerprint density at radius 3 is 2.47 bits per heavy atom. The van der Waals surface area contributed by atoms with Gasteiger partial charge in [-0.05, 0) is 25.5 Å². The molecule has 0 aromatic heterocycles. The molecule has 0 amide bonds. The molecule has 0 aliphatic rings. The molecule has 0 spiro atoms. The molecule has 1 rings (SSSR count). The Kier molecular flexibility index (Phi) is 4.94. The van der Waals surface area contributed by atoms with Crippen LogP contribution in [0.4, 0.5) is 13.2 Å². The highest BCUT2D eigenvalue weighted by Gasteiger charge is 2.31. The Hall–Kier alpha value is -1.56. The number of ether oxygens (including phenoxy) is 1. The highest BCUT2D eigenvalue weighted by molar-refractivity contribution is 6.31. The van der Waals surface area contributed by atoms with E-state index in [1.165, 1.54) is 6.92 Å². The van der Waals surface area contributed by atoms with Crippen molar-refractivity contribution in [2.24, 2.45) is 0 Å². The molecule has 0 saturated heterocycles. The van der Waals surface area contributed by atoms with Gasteiger partial charge in [-0.3, -0.25) is 4.79 Å². The highest BCUT2D eigenvalue weighted by atomic mass is 35.5. The Labute approximate surface area is 112 Å². The molecule has 104 valence electrons. The van der Waals surface area contributed by atoms with Crippen molar-refractivity contribution in [3.05, 3.63) is 33.9 Å². The van der Waals surface area contributed by atoms with E-state index in [1.54, 1.807) is 0 Å². The highest BCUT2D eigenvalue weighted by Crippen LogP contribution is 2.25. The molecule has 0 aliphatic heterocycles. The van der Waals surface area contributed by atoms with E-state index in [2.05, 4.69) is 4.74 Å². The summed E-state index contributed by atoms with van der Waals surface area (Å²) in [6.45, 7) is 2.42. The Bertz CT molecular complexity index is 531. The summed E-state index contributed by atoms with van der Waals surface area (Å²) in [5, 5.41) is -0.664. The molecule has 1 unspecified atom stereocenters. The zero-order valence-electron chi connectivity index (χ0n) is 10.1. The van der Waals surface area contributed by atoms with Crippen LogP contribution < -0.4 is 0 Å². The third-order valence-electron chi connectivity index (χ3n) is 2.40. The maximum absolute atomic E-state index is 13.5. The van der Waals surface area contributed by atoms with Gasteiger partial charge in [-0.2, -0.15) is 0 Å². The summed E-state index contributed by atoms with van der Waals surface area (Å²) < 4.78 is 44.3. The molecule has 0 bridgehead atoms. The van der Waals surface area contributed by atoms with Crippen LogP contribution in [0.15, 0.2) is 6.07 Å². The van der Waals surface area contributed by atoms with Gasteiger partial charge in [0, 0.05) is 5.56 Å². The zero-order valence-corrected chi connectivity index (χ0v) is 10.9. The normalized spacial score (nSPS) is 12.1. The molecule has 0 N–H and O–H groups in total. The van der Waals surface area contributed by atoms with Crippen molar-refractivity contribution >= 4 is 23.4 Å². The van der Waals surface area contributed by atoms with Gasteiger partial charge in [0.25, 0.3) is 6.17 Å². The lowest BCUT2D eigenvalue weighted by molar-refractivity contribution is -0.147. The maximum atomic E-state index is 13.5. The monoisotopic (exact) mass is 294 g/mol. The average Bonchev–Trinajstić information content (AvgIpc) is 2.39. The largest absolute Gasteiger partial charge is 0.463 e. The van der Waals surface area contributed by atoms with E-state index in [1.807, 2.05) is 0 Å². The second-order valence-corrected chi connectivity index (χ2v) is 4.04. The first-order valence-corrected chi connectivity index (χ1v) is 5.68. The van der Waals surface area contributed by atoms with Gasteiger partial charge in [-0.15, -0.1) is 0 Å². The molecular formula is C12H10ClF3O3. The summed E-state index contributed by atoms with van der Waals surface area (Å²) in [5.41, 5.74) is -0.914. The van der Waals surface area contributed by atoms with Crippen molar-refractivity contribution in [3.8, 4) is 0 Å². The fourth-order valence-electron chi connectivity index (χ4n) is 1.40. The van der Waals surface area contributed by atoms with Crippen LogP contribution >= 0.6 is 11.6 Å². The van der Waals surface area contributed by atoms with Crippen LogP contribution in [-0.2, 0) is 9.53 Å². The standard InChI is InChI=1S/C12H10ClF3O3/c1-3-19-12(18)10(16)11(17)6-4-7(13)9(15)8(14)5(6)2/h4,10H,3H2,1-2H3. The van der Waals surface area contributed by atoms with E-state index >= 15 is 0 Å². The van der Waals surface area contributed by atoms with E-state index in [-0.39, 0.29) is 6.61 Å². The number of halogens is 4. The fraction of sp³-hybridized carbons (Fsp3) is 0.333. The molecule has 0 saturated carbocycles. The number of ketones is 1. The number of hydrogen-bond donors (Lipinski definition) is 0. The summed E-state index contributed by atoms with van der Waals surface area (Å²) in [6, 6.07) is 0.781. The topological polar surface area (TPSA) is 43.4 Å². The summed E-state index contributed by atoms with van der Waals surface area (Å²) >= 11 is 5.37. The van der Waals surface area contributed by atoms with Crippen molar-refractivity contribution in [2.45, 2.75) is 20.0 Å². The van der Waals surface area contributed by atoms with Crippen LogP contribution in [0.2, 0.25) is 5.02 Å². The zero-order chi connectivity index (χ0) is 14.7. The molecular weight excluding hydrogens is 285 g/mol. The van der Waals surface area contributed by atoms with Gasteiger partial charge in [-0.1, -0.05) is 11.6 Å². The van der Waals surface area contributed by atoms with Crippen molar-refractivity contribution in [3.63, 3.8) is 0 Å². The molecule has 7 heteroatoms. The summed E-state index contributed by atoms with van der Waals surface area (Å²) in [6.07, 6.45) is -2.60. The molecule has 1 atom stereocenters. The van der Waals surface area contributed by atoms with Crippen molar-refractivity contribution in [1.29, 1.82) is 0 Å². The maximum Gasteiger partial charge on any atom is 0.348 e. The number of hydrogen-bond acceptors (Lipinski definition) is 3. The lowest BCUT2D eigenvalue weighted by Gasteiger charge is -2.10. The smallest absolute Gasteiger partial charge is 0.348 e. The lowest BCUT2D eigenvalue weighted by atomic mass is 10.0. The first-order chi connectivity index (χ1) is 8.81. The third kappa shape index (κ3) is 3.07. The van der Waals surface area contributed by atoms with Crippen LogP contribution in [-0.4, -0.2) is 24.5 Å². The Balaban J connectivity index is 3.17. The quantitative estimate of drug-likeness (QED) is 0.371. The SMILES string of the molecule is CCOC(=O)C(F)C(=O)c1cc(Cl)c(F)c(F)c1C. The molecule has 0 heterocycles. The van der Waals surface area contributed by atoms with Gasteiger partial charge < -0.3 is 4.74 Å². The van der Waals surface area contributed by atoms with Crippen LogP contribution in [0.3, 0.4) is 0 Å². The average molecular weight is 295 g/mol. The summed E-state index contributed by atoms with van der Waals surface area (Å²) in [7, 11) is 0. The predicted octanol–water partition coefficient (Wildman–Crippen LogP) is 3.01. The van der Waals surface area contributed by atoms with Crippen molar-refractivity contribution in [2.75, 3.05) is 6.61 Å². The number of esters is 1. The van der Waals surface area contributed by atoms with Crippen LogP contribution in [0.1, 0.15) is 22.8 Å². The first kappa shape index (κ1) is 15.5. The van der Waals surface area contributed by atoms with E-state index in [0.29, 0.717) is 0 Å². The van der Waals surface area contributed by atoms with E-state index < -0.39 is 45.7 Å². The minimum atomic E-state index is -2.60. The van der Waals surface area contributed by atoms with Crippen LogP contribution in [0, 0.1) is 18.6 Å². The molecule has 19 heavy (non-hydrogen) atoms. The predicted molar refractivity (Wildman–Crippen MR) is 62.0 cm³/mol. The lowest BCUT2D eigenvalue weighted by Crippen LogP contribution is -2.28. The molecule has 0 radical (unpaired) electrons. The number of Topliss-reactive ketones (excluding diaryl/α,β-unsaturated/α-hetero) is 1. The third-order valence-corrected chi connectivity index (χ3v) is 2.67. The minimum absolute atomic E-state index is 0.107. The van der Waals surface area contributed by atoms with Crippen molar-refractivity contribution in [1.82, 2.24) is 0 Å². The summed E-state index contributed by atoms with van der Waals surface area (Å²) in [5.74, 6) is -5.39. The van der Waals surface area contributed by atoms with Gasteiger partial charge >= 0.3 is 5.97 Å². The van der Waals surface area contributed by atoms with Crippen molar-refractivity contribution < 1.29 is 27.5 Å². The van der Waals surface area contributed by atoms with E-state index in [9.17, 15) is 22.8 Å². The van der Waals surface area contributed by atoms with Gasteiger partial charge in [0.1, 0.15) is 0 Å². The van der Waals surface area contributed by atoms with Gasteiger partial charge in [0.05, 0.1) is 11.6 Å².